The molecule has 0 unspecified atom stereocenters. The van der Waals surface area contributed by atoms with E-state index in [0.29, 0.717) is 0 Å². The number of carboxylic acid groups (broad SMARTS) is 1. The fourth-order valence-corrected chi connectivity index (χ4v) is 4.53. The second kappa shape index (κ2) is 6.20. The van der Waals surface area contributed by atoms with Gasteiger partial charge in [-0.3, -0.25) is 0 Å². The SMILES string of the molecule is CCn1c(-c2ccc3c(c2)C(C)(C)CCC3(C)C)nc2cc(C(=O)O)ccc21. The van der Waals surface area contributed by atoms with Gasteiger partial charge in [0.05, 0.1) is 16.6 Å². The Kier molecular flexibility index (Phi) is 4.14. The van der Waals surface area contributed by atoms with Crippen LogP contribution < -0.4 is 0 Å². The van der Waals surface area contributed by atoms with Crippen LogP contribution in [-0.4, -0.2) is 20.6 Å². The summed E-state index contributed by atoms with van der Waals surface area (Å²) in [7, 11) is 0. The minimum absolute atomic E-state index is 0.139. The number of nitrogens with zero attached hydrogens (tertiary/aromatic N) is 2. The molecule has 0 aliphatic heterocycles. The average Bonchev–Trinajstić information content (AvgIpc) is 3.03. The second-order valence-corrected chi connectivity index (χ2v) is 9.22. The first-order chi connectivity index (χ1) is 13.1. The number of aromatic nitrogens is 2. The lowest BCUT2D eigenvalue weighted by molar-refractivity contribution is 0.0697. The maximum Gasteiger partial charge on any atom is 0.335 e. The van der Waals surface area contributed by atoms with Crippen LogP contribution in [0, 0.1) is 0 Å². The second-order valence-electron chi connectivity index (χ2n) is 9.22. The zero-order valence-corrected chi connectivity index (χ0v) is 17.3. The van der Waals surface area contributed by atoms with E-state index < -0.39 is 5.97 Å². The number of hydrogen-bond acceptors (Lipinski definition) is 2. The maximum atomic E-state index is 11.3. The van der Waals surface area contributed by atoms with Crippen molar-refractivity contribution < 1.29 is 9.90 Å². The number of aromatic carboxylic acids is 1. The summed E-state index contributed by atoms with van der Waals surface area (Å²) in [6.07, 6.45) is 2.36. The zero-order valence-electron chi connectivity index (χ0n) is 17.3. The Hall–Kier alpha value is -2.62. The molecule has 0 amide bonds. The molecule has 0 saturated carbocycles. The van der Waals surface area contributed by atoms with Crippen molar-refractivity contribution in [3.05, 3.63) is 53.1 Å². The molecule has 0 radical (unpaired) electrons. The molecule has 3 aromatic rings. The van der Waals surface area contributed by atoms with E-state index in [-0.39, 0.29) is 16.4 Å². The monoisotopic (exact) mass is 376 g/mol. The molecule has 0 fully saturated rings. The van der Waals surface area contributed by atoms with Crippen LogP contribution in [0.25, 0.3) is 22.4 Å². The molecule has 0 atom stereocenters. The topological polar surface area (TPSA) is 55.1 Å². The van der Waals surface area contributed by atoms with Crippen LogP contribution in [0.2, 0.25) is 0 Å². The van der Waals surface area contributed by atoms with Gasteiger partial charge in [-0.25, -0.2) is 9.78 Å². The van der Waals surface area contributed by atoms with Gasteiger partial charge in [-0.05, 0) is 66.0 Å². The summed E-state index contributed by atoms with van der Waals surface area (Å²) in [5.41, 5.74) is 6.23. The van der Waals surface area contributed by atoms with Crippen molar-refractivity contribution in [2.24, 2.45) is 0 Å². The molecule has 28 heavy (non-hydrogen) atoms. The fourth-order valence-electron chi connectivity index (χ4n) is 4.53. The van der Waals surface area contributed by atoms with Gasteiger partial charge in [0.25, 0.3) is 0 Å². The van der Waals surface area contributed by atoms with Crippen LogP contribution in [-0.2, 0) is 17.4 Å². The lowest BCUT2D eigenvalue weighted by Gasteiger charge is -2.42. The summed E-state index contributed by atoms with van der Waals surface area (Å²) >= 11 is 0. The number of rotatable bonds is 3. The predicted octanol–water partition coefficient (Wildman–Crippen LogP) is 5.77. The first-order valence-electron chi connectivity index (χ1n) is 10.0. The number of hydrogen-bond donors (Lipinski definition) is 1. The summed E-state index contributed by atoms with van der Waals surface area (Å²) in [5.74, 6) is -0.0192. The third kappa shape index (κ3) is 2.83. The molecule has 0 saturated heterocycles. The minimum Gasteiger partial charge on any atom is -0.478 e. The molecule has 0 spiro atoms. The Morgan fingerprint density at radius 3 is 2.36 bits per heavy atom. The number of carbonyl (C=O) groups is 1. The summed E-state index contributed by atoms with van der Waals surface area (Å²) in [6, 6.07) is 11.9. The molecule has 4 heteroatoms. The highest BCUT2D eigenvalue weighted by Crippen LogP contribution is 2.46. The number of carboxylic acids is 1. The maximum absolute atomic E-state index is 11.3. The molecule has 1 aliphatic carbocycles. The number of imidazole rings is 1. The highest BCUT2D eigenvalue weighted by Gasteiger charge is 2.37. The number of fused-ring (bicyclic) bond motifs is 2. The molecular formula is C24H28N2O2. The summed E-state index contributed by atoms with van der Waals surface area (Å²) in [5, 5.41) is 9.30. The van der Waals surface area contributed by atoms with E-state index in [1.807, 2.05) is 6.07 Å². The van der Waals surface area contributed by atoms with Crippen LogP contribution >= 0.6 is 0 Å². The van der Waals surface area contributed by atoms with Gasteiger partial charge in [0.2, 0.25) is 0 Å². The molecule has 4 rings (SSSR count). The van der Waals surface area contributed by atoms with E-state index in [2.05, 4.69) is 57.4 Å². The Morgan fingerprint density at radius 1 is 1.04 bits per heavy atom. The van der Waals surface area contributed by atoms with Gasteiger partial charge < -0.3 is 9.67 Å². The minimum atomic E-state index is -0.924. The summed E-state index contributed by atoms with van der Waals surface area (Å²) in [6.45, 7) is 12.2. The smallest absolute Gasteiger partial charge is 0.335 e. The Bertz CT molecular complexity index is 1090. The highest BCUT2D eigenvalue weighted by atomic mass is 16.4. The van der Waals surface area contributed by atoms with Gasteiger partial charge in [-0.1, -0.05) is 39.8 Å². The molecule has 1 N–H and O–H groups in total. The molecule has 146 valence electrons. The lowest BCUT2D eigenvalue weighted by Crippen LogP contribution is -2.33. The summed E-state index contributed by atoms with van der Waals surface area (Å²) < 4.78 is 2.17. The average molecular weight is 377 g/mol. The largest absolute Gasteiger partial charge is 0.478 e. The van der Waals surface area contributed by atoms with Crippen molar-refractivity contribution in [3.63, 3.8) is 0 Å². The van der Waals surface area contributed by atoms with E-state index in [9.17, 15) is 9.90 Å². The molecule has 1 aromatic heterocycles. The number of aryl methyl sites for hydroxylation is 1. The highest BCUT2D eigenvalue weighted by molar-refractivity contribution is 5.93. The quantitative estimate of drug-likeness (QED) is 0.631. The van der Waals surface area contributed by atoms with E-state index >= 15 is 0 Å². The third-order valence-electron chi connectivity index (χ3n) is 6.42. The molecule has 4 nitrogen and oxygen atoms in total. The zero-order chi connectivity index (χ0) is 20.3. The van der Waals surface area contributed by atoms with Crippen LogP contribution in [0.3, 0.4) is 0 Å². The normalized spacial score (nSPS) is 17.5. The van der Waals surface area contributed by atoms with Crippen LogP contribution in [0.4, 0.5) is 0 Å². The van der Waals surface area contributed by atoms with Crippen LogP contribution in [0.1, 0.15) is 68.9 Å². The lowest BCUT2D eigenvalue weighted by atomic mass is 9.63. The third-order valence-corrected chi connectivity index (χ3v) is 6.42. The van der Waals surface area contributed by atoms with Crippen molar-refractivity contribution in [2.75, 3.05) is 0 Å². The van der Waals surface area contributed by atoms with Gasteiger partial charge in [-0.15, -0.1) is 0 Å². The molecule has 1 aliphatic rings. The molecule has 2 aromatic carbocycles. The standard InChI is InChI=1S/C24H28N2O2/c1-6-26-20-10-8-16(22(27)28)14-19(20)25-21(26)15-7-9-17-18(13-15)24(4,5)12-11-23(17,2)3/h7-10,13-14H,6,11-12H2,1-5H3,(H,27,28). The van der Waals surface area contributed by atoms with E-state index in [0.717, 1.165) is 29.0 Å². The molecule has 0 bridgehead atoms. The van der Waals surface area contributed by atoms with Crippen molar-refractivity contribution in [3.8, 4) is 11.4 Å². The first-order valence-corrected chi connectivity index (χ1v) is 10.0. The Labute approximate surface area is 166 Å². The van der Waals surface area contributed by atoms with Crippen molar-refractivity contribution in [1.82, 2.24) is 9.55 Å². The van der Waals surface area contributed by atoms with Crippen molar-refractivity contribution >= 4 is 17.0 Å². The van der Waals surface area contributed by atoms with Gasteiger partial charge in [0.15, 0.2) is 0 Å². The summed E-state index contributed by atoms with van der Waals surface area (Å²) in [4.78, 5) is 16.2. The van der Waals surface area contributed by atoms with Gasteiger partial charge in [0, 0.05) is 12.1 Å². The van der Waals surface area contributed by atoms with Crippen molar-refractivity contribution in [2.45, 2.75) is 64.8 Å². The van der Waals surface area contributed by atoms with E-state index in [1.54, 1.807) is 12.1 Å². The van der Waals surface area contributed by atoms with Gasteiger partial charge >= 0.3 is 5.97 Å². The van der Waals surface area contributed by atoms with Gasteiger partial charge in [-0.2, -0.15) is 0 Å². The van der Waals surface area contributed by atoms with Crippen LogP contribution in [0.5, 0.6) is 0 Å². The first kappa shape index (κ1) is 18.7. The Morgan fingerprint density at radius 2 is 1.71 bits per heavy atom. The van der Waals surface area contributed by atoms with Gasteiger partial charge in [0.1, 0.15) is 5.82 Å². The molecular weight excluding hydrogens is 348 g/mol. The number of benzene rings is 2. The van der Waals surface area contributed by atoms with E-state index in [4.69, 9.17) is 4.98 Å². The molecule has 1 heterocycles. The fraction of sp³-hybridized carbons (Fsp3) is 0.417. The predicted molar refractivity (Wildman–Crippen MR) is 113 cm³/mol. The van der Waals surface area contributed by atoms with Crippen LogP contribution in [0.15, 0.2) is 36.4 Å². The van der Waals surface area contributed by atoms with Crippen molar-refractivity contribution in [1.29, 1.82) is 0 Å². The Balaban J connectivity index is 1.92. The van der Waals surface area contributed by atoms with E-state index in [1.165, 1.54) is 24.0 Å².